The summed E-state index contributed by atoms with van der Waals surface area (Å²) in [7, 11) is 0. The van der Waals surface area contributed by atoms with E-state index in [4.69, 9.17) is 0 Å². The van der Waals surface area contributed by atoms with Crippen molar-refractivity contribution in [2.75, 3.05) is 0 Å². The molecular formula is C12H7F7O. The van der Waals surface area contributed by atoms with Crippen LogP contribution >= 0.6 is 0 Å². The smallest absolute Gasteiger partial charge is 0.384 e. The van der Waals surface area contributed by atoms with E-state index in [2.05, 4.69) is 0 Å². The van der Waals surface area contributed by atoms with E-state index in [0.717, 1.165) is 0 Å². The minimum atomic E-state index is -6.42. The SMILES string of the molecule is OC1C(C(F)(F)C(F)(F)C(F)(F)F)=Cc2ccccc21. The minimum absolute atomic E-state index is 0.0207. The first kappa shape index (κ1) is 14.8. The zero-order chi connectivity index (χ0) is 15.3. The van der Waals surface area contributed by atoms with E-state index in [9.17, 15) is 35.8 Å². The molecule has 1 aromatic carbocycles. The van der Waals surface area contributed by atoms with E-state index in [0.29, 0.717) is 6.08 Å². The van der Waals surface area contributed by atoms with E-state index in [1.54, 1.807) is 0 Å². The Hall–Kier alpha value is -1.57. The Labute approximate surface area is 108 Å². The molecule has 0 radical (unpaired) electrons. The van der Waals surface area contributed by atoms with Gasteiger partial charge in [0.25, 0.3) is 0 Å². The van der Waals surface area contributed by atoms with Gasteiger partial charge in [-0.05, 0) is 17.2 Å². The summed E-state index contributed by atoms with van der Waals surface area (Å²) in [4.78, 5) is 0. The Morgan fingerprint density at radius 2 is 1.45 bits per heavy atom. The Balaban J connectivity index is 2.48. The van der Waals surface area contributed by atoms with Crippen LogP contribution in [0.4, 0.5) is 30.7 Å². The van der Waals surface area contributed by atoms with Crippen LogP contribution in [-0.4, -0.2) is 23.1 Å². The number of rotatable bonds is 2. The second-order valence-corrected chi connectivity index (χ2v) is 4.28. The summed E-state index contributed by atoms with van der Waals surface area (Å²) in [6.45, 7) is 0. The topological polar surface area (TPSA) is 20.2 Å². The third-order valence-electron chi connectivity index (χ3n) is 3.01. The average molecular weight is 300 g/mol. The highest BCUT2D eigenvalue weighted by Gasteiger charge is 2.75. The van der Waals surface area contributed by atoms with Gasteiger partial charge in [-0.2, -0.15) is 30.7 Å². The van der Waals surface area contributed by atoms with Crippen LogP contribution in [0.1, 0.15) is 17.2 Å². The van der Waals surface area contributed by atoms with Gasteiger partial charge >= 0.3 is 18.0 Å². The van der Waals surface area contributed by atoms with Gasteiger partial charge in [0.2, 0.25) is 0 Å². The number of fused-ring (bicyclic) bond motifs is 1. The van der Waals surface area contributed by atoms with Crippen LogP contribution in [0.5, 0.6) is 0 Å². The van der Waals surface area contributed by atoms with Gasteiger partial charge in [-0.1, -0.05) is 24.3 Å². The molecule has 1 aromatic rings. The second kappa shape index (κ2) is 4.21. The van der Waals surface area contributed by atoms with Crippen LogP contribution in [0, 0.1) is 0 Å². The Bertz CT molecular complexity index is 559. The molecular weight excluding hydrogens is 293 g/mol. The maximum atomic E-state index is 13.5. The Morgan fingerprint density at radius 3 is 1.95 bits per heavy atom. The van der Waals surface area contributed by atoms with Crippen molar-refractivity contribution < 1.29 is 35.8 Å². The van der Waals surface area contributed by atoms with E-state index in [1.807, 2.05) is 0 Å². The minimum Gasteiger partial charge on any atom is -0.384 e. The molecule has 0 spiro atoms. The summed E-state index contributed by atoms with van der Waals surface area (Å²) in [5, 5.41) is 9.56. The molecule has 1 nitrogen and oxygen atoms in total. The fourth-order valence-corrected chi connectivity index (χ4v) is 1.93. The largest absolute Gasteiger partial charge is 0.460 e. The zero-order valence-electron chi connectivity index (χ0n) is 9.56. The standard InChI is InChI=1S/C12H7F7O/c13-10(14,11(15,16)12(17,18)19)8-5-6-3-1-2-4-7(6)9(8)20/h1-5,9,20H. The Kier molecular flexibility index (Phi) is 3.12. The molecule has 8 heteroatoms. The predicted octanol–water partition coefficient (Wildman–Crippen LogP) is 3.95. The van der Waals surface area contributed by atoms with Crippen LogP contribution in [0.3, 0.4) is 0 Å². The van der Waals surface area contributed by atoms with Crippen molar-refractivity contribution in [3.63, 3.8) is 0 Å². The van der Waals surface area contributed by atoms with Crippen LogP contribution in [-0.2, 0) is 0 Å². The molecule has 0 amide bonds. The van der Waals surface area contributed by atoms with E-state index < -0.39 is 29.7 Å². The molecule has 0 fully saturated rings. The number of hydrogen-bond acceptors (Lipinski definition) is 1. The molecule has 2 rings (SSSR count). The molecule has 20 heavy (non-hydrogen) atoms. The Morgan fingerprint density at radius 1 is 0.900 bits per heavy atom. The molecule has 110 valence electrons. The number of alkyl halides is 7. The monoisotopic (exact) mass is 300 g/mol. The highest BCUT2D eigenvalue weighted by atomic mass is 19.4. The lowest BCUT2D eigenvalue weighted by molar-refractivity contribution is -0.345. The van der Waals surface area contributed by atoms with Crippen LogP contribution in [0.2, 0.25) is 0 Å². The molecule has 1 N–H and O–H groups in total. The third kappa shape index (κ3) is 1.90. The van der Waals surface area contributed by atoms with Crippen molar-refractivity contribution in [1.29, 1.82) is 0 Å². The first-order valence-electron chi connectivity index (χ1n) is 5.31. The number of aliphatic hydroxyl groups excluding tert-OH is 1. The molecule has 0 bridgehead atoms. The number of hydrogen-bond donors (Lipinski definition) is 1. The summed E-state index contributed by atoms with van der Waals surface area (Å²) in [5.74, 6) is -11.8. The van der Waals surface area contributed by atoms with E-state index in [1.165, 1.54) is 24.3 Å². The lowest BCUT2D eigenvalue weighted by atomic mass is 9.97. The highest BCUT2D eigenvalue weighted by molar-refractivity contribution is 5.67. The lowest BCUT2D eigenvalue weighted by Crippen LogP contribution is -2.53. The van der Waals surface area contributed by atoms with Crippen LogP contribution in [0.15, 0.2) is 29.8 Å². The maximum absolute atomic E-state index is 13.5. The summed E-state index contributed by atoms with van der Waals surface area (Å²) in [6.07, 6.45) is -8.17. The first-order chi connectivity index (χ1) is 9.00. The van der Waals surface area contributed by atoms with Crippen LogP contribution in [0.25, 0.3) is 6.08 Å². The second-order valence-electron chi connectivity index (χ2n) is 4.28. The van der Waals surface area contributed by atoms with Gasteiger partial charge in [0, 0.05) is 5.57 Å². The van der Waals surface area contributed by atoms with Crippen molar-refractivity contribution in [2.24, 2.45) is 0 Å². The first-order valence-corrected chi connectivity index (χ1v) is 5.31. The molecule has 1 unspecified atom stereocenters. The summed E-state index contributed by atoms with van der Waals surface area (Å²) in [5.41, 5.74) is -1.83. The fourth-order valence-electron chi connectivity index (χ4n) is 1.93. The molecule has 1 aliphatic rings. The maximum Gasteiger partial charge on any atom is 0.460 e. The third-order valence-corrected chi connectivity index (χ3v) is 3.01. The van der Waals surface area contributed by atoms with Gasteiger partial charge in [-0.3, -0.25) is 0 Å². The average Bonchev–Trinajstić information content (AvgIpc) is 2.66. The molecule has 0 saturated carbocycles. The molecule has 1 aliphatic carbocycles. The normalized spacial score (nSPS) is 19.8. The van der Waals surface area contributed by atoms with Gasteiger partial charge in [-0.25, -0.2) is 0 Å². The van der Waals surface area contributed by atoms with Gasteiger partial charge in [0.1, 0.15) is 6.10 Å². The molecule has 0 aromatic heterocycles. The van der Waals surface area contributed by atoms with Crippen molar-refractivity contribution in [3.05, 3.63) is 41.0 Å². The van der Waals surface area contributed by atoms with Gasteiger partial charge in [0.15, 0.2) is 0 Å². The molecule has 0 heterocycles. The predicted molar refractivity (Wildman–Crippen MR) is 55.3 cm³/mol. The summed E-state index contributed by atoms with van der Waals surface area (Å²) >= 11 is 0. The van der Waals surface area contributed by atoms with E-state index >= 15 is 0 Å². The van der Waals surface area contributed by atoms with Crippen molar-refractivity contribution in [3.8, 4) is 0 Å². The number of benzene rings is 1. The zero-order valence-corrected chi connectivity index (χ0v) is 9.56. The lowest BCUT2D eigenvalue weighted by Gasteiger charge is -2.30. The fraction of sp³-hybridized carbons (Fsp3) is 0.333. The van der Waals surface area contributed by atoms with Crippen molar-refractivity contribution in [2.45, 2.75) is 24.1 Å². The summed E-state index contributed by atoms with van der Waals surface area (Å²) in [6, 6.07) is 5.13. The van der Waals surface area contributed by atoms with Gasteiger partial charge < -0.3 is 5.11 Å². The van der Waals surface area contributed by atoms with Crippen molar-refractivity contribution in [1.82, 2.24) is 0 Å². The summed E-state index contributed by atoms with van der Waals surface area (Å²) < 4.78 is 89.2. The molecule has 0 aliphatic heterocycles. The number of halogens is 7. The number of aliphatic hydroxyl groups is 1. The highest BCUT2D eigenvalue weighted by Crippen LogP contribution is 2.54. The van der Waals surface area contributed by atoms with E-state index in [-0.39, 0.29) is 11.1 Å². The van der Waals surface area contributed by atoms with Crippen molar-refractivity contribution >= 4 is 6.08 Å². The van der Waals surface area contributed by atoms with Crippen LogP contribution < -0.4 is 0 Å². The van der Waals surface area contributed by atoms with Gasteiger partial charge in [-0.15, -0.1) is 0 Å². The quantitative estimate of drug-likeness (QED) is 0.820. The molecule has 0 saturated heterocycles. The molecule has 1 atom stereocenters. The van der Waals surface area contributed by atoms with Gasteiger partial charge in [0.05, 0.1) is 0 Å².